The average Bonchev–Trinajstić information content (AvgIpc) is 2.11. The van der Waals surface area contributed by atoms with E-state index in [0.29, 0.717) is 24.0 Å². The Morgan fingerprint density at radius 1 is 1.47 bits per heavy atom. The van der Waals surface area contributed by atoms with Gasteiger partial charge in [-0.3, -0.25) is 0 Å². The van der Waals surface area contributed by atoms with E-state index in [2.05, 4.69) is 20.8 Å². The van der Waals surface area contributed by atoms with Crippen LogP contribution in [0.3, 0.4) is 0 Å². The predicted octanol–water partition coefficient (Wildman–Crippen LogP) is 1.54. The van der Waals surface area contributed by atoms with Gasteiger partial charge >= 0.3 is 0 Å². The summed E-state index contributed by atoms with van der Waals surface area (Å²) in [5.74, 6) is 0.716. The Labute approximate surface area is 93.0 Å². The molecular formula is C12H25NO2. The van der Waals surface area contributed by atoms with E-state index in [0.717, 1.165) is 12.8 Å². The van der Waals surface area contributed by atoms with Crippen LogP contribution in [0.15, 0.2) is 0 Å². The first-order valence-corrected chi connectivity index (χ1v) is 5.92. The van der Waals surface area contributed by atoms with Crippen molar-refractivity contribution in [3.05, 3.63) is 0 Å². The van der Waals surface area contributed by atoms with Gasteiger partial charge in [-0.2, -0.15) is 0 Å². The van der Waals surface area contributed by atoms with E-state index < -0.39 is 6.10 Å². The smallest absolute Gasteiger partial charge is 0.0895 e. The fraction of sp³-hybridized carbons (Fsp3) is 1.00. The highest BCUT2D eigenvalue weighted by Gasteiger charge is 2.32. The molecule has 1 aliphatic rings. The molecule has 3 atom stereocenters. The van der Waals surface area contributed by atoms with E-state index in [1.807, 2.05) is 0 Å². The molecule has 1 saturated carbocycles. The van der Waals surface area contributed by atoms with Crippen LogP contribution in [0.2, 0.25) is 0 Å². The maximum atomic E-state index is 9.33. The van der Waals surface area contributed by atoms with Crippen LogP contribution in [0.5, 0.6) is 0 Å². The van der Waals surface area contributed by atoms with Crippen molar-refractivity contribution in [2.75, 3.05) is 13.2 Å². The Balaban J connectivity index is 2.35. The van der Waals surface area contributed by atoms with Gasteiger partial charge < -0.3 is 15.6 Å². The Morgan fingerprint density at radius 2 is 2.13 bits per heavy atom. The highest BCUT2D eigenvalue weighted by Crippen LogP contribution is 2.39. The van der Waals surface area contributed by atoms with E-state index in [1.54, 1.807) is 0 Å². The van der Waals surface area contributed by atoms with E-state index in [-0.39, 0.29) is 6.54 Å². The third kappa shape index (κ3) is 4.49. The number of hydrogen-bond acceptors (Lipinski definition) is 3. The molecule has 0 radical (unpaired) electrons. The fourth-order valence-electron chi connectivity index (χ4n) is 2.70. The first kappa shape index (κ1) is 12.9. The molecule has 0 unspecified atom stereocenters. The van der Waals surface area contributed by atoms with Crippen molar-refractivity contribution in [2.45, 2.75) is 52.2 Å². The fourth-order valence-corrected chi connectivity index (χ4v) is 2.70. The lowest BCUT2D eigenvalue weighted by Gasteiger charge is -2.39. The number of aliphatic hydroxyl groups excluding tert-OH is 1. The minimum Gasteiger partial charge on any atom is -0.389 e. The van der Waals surface area contributed by atoms with Gasteiger partial charge in [0.15, 0.2) is 0 Å². The highest BCUT2D eigenvalue weighted by atomic mass is 16.5. The van der Waals surface area contributed by atoms with Gasteiger partial charge in [0.2, 0.25) is 0 Å². The van der Waals surface area contributed by atoms with Crippen LogP contribution in [0.25, 0.3) is 0 Å². The maximum Gasteiger partial charge on any atom is 0.0895 e. The molecule has 15 heavy (non-hydrogen) atoms. The van der Waals surface area contributed by atoms with Gasteiger partial charge in [0.05, 0.1) is 18.8 Å². The molecule has 0 spiro atoms. The van der Waals surface area contributed by atoms with Gasteiger partial charge in [-0.05, 0) is 30.6 Å². The van der Waals surface area contributed by atoms with Crippen molar-refractivity contribution in [3.8, 4) is 0 Å². The van der Waals surface area contributed by atoms with Crippen molar-refractivity contribution in [2.24, 2.45) is 17.1 Å². The molecule has 0 aliphatic heterocycles. The summed E-state index contributed by atoms with van der Waals surface area (Å²) in [7, 11) is 0. The molecule has 1 aliphatic carbocycles. The normalized spacial score (nSPS) is 32.6. The summed E-state index contributed by atoms with van der Waals surface area (Å²) < 4.78 is 5.71. The Hall–Kier alpha value is -0.120. The summed E-state index contributed by atoms with van der Waals surface area (Å²) in [6.07, 6.45) is 3.26. The van der Waals surface area contributed by atoms with Crippen molar-refractivity contribution >= 4 is 0 Å². The summed E-state index contributed by atoms with van der Waals surface area (Å²) in [4.78, 5) is 0. The van der Waals surface area contributed by atoms with Gasteiger partial charge in [-0.15, -0.1) is 0 Å². The summed E-state index contributed by atoms with van der Waals surface area (Å²) >= 11 is 0. The second-order valence-electron chi connectivity index (χ2n) is 5.76. The maximum absolute atomic E-state index is 9.33. The Morgan fingerprint density at radius 3 is 2.67 bits per heavy atom. The van der Waals surface area contributed by atoms with Gasteiger partial charge in [0.1, 0.15) is 0 Å². The monoisotopic (exact) mass is 215 g/mol. The second-order valence-corrected chi connectivity index (χ2v) is 5.76. The minimum absolute atomic E-state index is 0.283. The van der Waals surface area contributed by atoms with Crippen LogP contribution < -0.4 is 5.73 Å². The zero-order valence-electron chi connectivity index (χ0n) is 10.2. The third-order valence-corrected chi connectivity index (χ3v) is 3.14. The summed E-state index contributed by atoms with van der Waals surface area (Å²) in [6, 6.07) is 0. The summed E-state index contributed by atoms with van der Waals surface area (Å²) in [5, 5.41) is 9.33. The Bertz CT molecular complexity index is 194. The Kier molecular flexibility index (Phi) is 4.56. The van der Waals surface area contributed by atoms with Crippen LogP contribution in [-0.4, -0.2) is 30.5 Å². The highest BCUT2D eigenvalue weighted by molar-refractivity contribution is 4.83. The number of ether oxygens (including phenoxy) is 1. The van der Waals surface area contributed by atoms with Gasteiger partial charge in [-0.25, -0.2) is 0 Å². The van der Waals surface area contributed by atoms with E-state index in [9.17, 15) is 5.11 Å². The molecule has 1 rings (SSSR count). The summed E-state index contributed by atoms with van der Waals surface area (Å²) in [6.45, 7) is 7.52. The number of hydrogen-bond donors (Lipinski definition) is 2. The molecule has 0 aromatic heterocycles. The molecule has 3 nitrogen and oxygen atoms in total. The average molecular weight is 215 g/mol. The van der Waals surface area contributed by atoms with E-state index >= 15 is 0 Å². The van der Waals surface area contributed by atoms with Crippen LogP contribution in [0.1, 0.15) is 40.0 Å². The molecule has 1 fully saturated rings. The molecule has 0 aromatic rings. The molecule has 0 aromatic carbocycles. The van der Waals surface area contributed by atoms with Gasteiger partial charge in [-0.1, -0.05) is 20.8 Å². The molecule has 0 saturated heterocycles. The zero-order valence-corrected chi connectivity index (χ0v) is 10.2. The van der Waals surface area contributed by atoms with Gasteiger partial charge in [0.25, 0.3) is 0 Å². The molecule has 0 amide bonds. The molecule has 90 valence electrons. The predicted molar refractivity (Wildman–Crippen MR) is 61.6 cm³/mol. The lowest BCUT2D eigenvalue weighted by Crippen LogP contribution is -2.35. The zero-order chi connectivity index (χ0) is 11.5. The van der Waals surface area contributed by atoms with Crippen molar-refractivity contribution in [1.82, 2.24) is 0 Å². The summed E-state index contributed by atoms with van der Waals surface area (Å²) in [5.41, 5.74) is 5.71. The first-order chi connectivity index (χ1) is 6.93. The van der Waals surface area contributed by atoms with E-state index in [4.69, 9.17) is 10.5 Å². The largest absolute Gasteiger partial charge is 0.389 e. The van der Waals surface area contributed by atoms with Gasteiger partial charge in [0, 0.05) is 6.54 Å². The lowest BCUT2D eigenvalue weighted by molar-refractivity contribution is -0.0535. The molecule has 0 heterocycles. The SMILES string of the molecule is C[C@@H]1C[C@@H](OC[C@H](O)CN)CC(C)(C)C1. The topological polar surface area (TPSA) is 55.5 Å². The number of aliphatic hydroxyl groups is 1. The van der Waals surface area contributed by atoms with Crippen molar-refractivity contribution in [1.29, 1.82) is 0 Å². The second kappa shape index (κ2) is 5.28. The quantitative estimate of drug-likeness (QED) is 0.748. The standard InChI is InChI=1S/C12H25NO2/c1-9-4-11(6-12(2,3)5-9)15-8-10(14)7-13/h9-11,14H,4-8,13H2,1-3H3/t9-,10-,11-/m1/s1. The van der Waals surface area contributed by atoms with Crippen LogP contribution in [0, 0.1) is 11.3 Å². The van der Waals surface area contributed by atoms with Crippen LogP contribution in [0.4, 0.5) is 0 Å². The van der Waals surface area contributed by atoms with Crippen LogP contribution in [-0.2, 0) is 4.74 Å². The molecule has 3 heteroatoms. The van der Waals surface area contributed by atoms with Crippen LogP contribution >= 0.6 is 0 Å². The lowest BCUT2D eigenvalue weighted by atomic mass is 9.71. The van der Waals surface area contributed by atoms with E-state index in [1.165, 1.54) is 6.42 Å². The molecular weight excluding hydrogens is 190 g/mol. The number of nitrogens with two attached hydrogens (primary N) is 1. The van der Waals surface area contributed by atoms with Crippen molar-refractivity contribution < 1.29 is 9.84 Å². The van der Waals surface area contributed by atoms with Crippen molar-refractivity contribution in [3.63, 3.8) is 0 Å². The number of rotatable bonds is 4. The third-order valence-electron chi connectivity index (χ3n) is 3.14. The minimum atomic E-state index is -0.509. The first-order valence-electron chi connectivity index (χ1n) is 5.92. The molecule has 0 bridgehead atoms. The molecule has 3 N–H and O–H groups in total.